The normalized spacial score (nSPS) is 20.4. The van der Waals surface area contributed by atoms with Gasteiger partial charge in [0.1, 0.15) is 12.0 Å². The van der Waals surface area contributed by atoms with Crippen molar-refractivity contribution in [2.75, 3.05) is 40.9 Å². The summed E-state index contributed by atoms with van der Waals surface area (Å²) in [6.07, 6.45) is 8.56. The molecular weight excluding hydrogens is 462 g/mol. The fraction of sp³-hybridized carbons (Fsp3) is 0.440. The Morgan fingerprint density at radius 3 is 2.54 bits per heavy atom. The van der Waals surface area contributed by atoms with Crippen molar-refractivity contribution in [2.45, 2.75) is 45.3 Å². The predicted octanol–water partition coefficient (Wildman–Crippen LogP) is 3.85. The maximum absolute atomic E-state index is 12.5. The van der Waals surface area contributed by atoms with Crippen LogP contribution in [0.25, 0.3) is 10.3 Å². The van der Waals surface area contributed by atoms with Gasteiger partial charge >= 0.3 is 0 Å². The Morgan fingerprint density at radius 2 is 1.80 bits per heavy atom. The van der Waals surface area contributed by atoms with Gasteiger partial charge < -0.3 is 20.3 Å². The first kappa shape index (κ1) is 22.1. The number of fused-ring (bicyclic) bond motifs is 1. The molecule has 1 unspecified atom stereocenters. The molecule has 35 heavy (non-hydrogen) atoms. The lowest BCUT2D eigenvalue weighted by Gasteiger charge is -2.30. The average Bonchev–Trinajstić information content (AvgIpc) is 3.63. The summed E-state index contributed by atoms with van der Waals surface area (Å²) in [4.78, 5) is 33.3. The molecule has 2 fully saturated rings. The number of nitrogens with zero attached hydrogens (tertiary/aromatic N) is 6. The predicted molar refractivity (Wildman–Crippen MR) is 137 cm³/mol. The largest absolute Gasteiger partial charge is 0.471 e. The quantitative estimate of drug-likeness (QED) is 0.574. The van der Waals surface area contributed by atoms with Gasteiger partial charge in [-0.1, -0.05) is 11.3 Å². The molecule has 0 saturated carbocycles. The van der Waals surface area contributed by atoms with Crippen LogP contribution in [0.2, 0.25) is 0 Å². The van der Waals surface area contributed by atoms with Crippen molar-refractivity contribution in [3.63, 3.8) is 0 Å². The van der Waals surface area contributed by atoms with Crippen molar-refractivity contribution in [1.29, 1.82) is 0 Å². The SMILES string of the molecule is Cc1cc(C2OC=C(C(N)=O)N2c2cc3sc(N4CCCCC4)nc3nc2N2CCCC2)ccn1. The van der Waals surface area contributed by atoms with Crippen LogP contribution in [0.3, 0.4) is 0 Å². The van der Waals surface area contributed by atoms with Crippen molar-refractivity contribution in [1.82, 2.24) is 15.0 Å². The first-order chi connectivity index (χ1) is 17.1. The highest BCUT2D eigenvalue weighted by Gasteiger charge is 2.37. The van der Waals surface area contributed by atoms with Crippen molar-refractivity contribution >= 4 is 44.2 Å². The third kappa shape index (κ3) is 4.05. The second-order valence-electron chi connectivity index (χ2n) is 9.35. The Balaban J connectivity index is 1.49. The zero-order chi connectivity index (χ0) is 23.9. The molecule has 6 heterocycles. The number of aryl methyl sites for hydroxylation is 1. The molecule has 0 aliphatic carbocycles. The van der Waals surface area contributed by atoms with Gasteiger partial charge in [-0.2, -0.15) is 4.98 Å². The molecule has 1 atom stereocenters. The molecule has 6 rings (SSSR count). The van der Waals surface area contributed by atoms with Crippen LogP contribution in [0.15, 0.2) is 36.4 Å². The third-order valence-corrected chi connectivity index (χ3v) is 7.94. The zero-order valence-corrected chi connectivity index (χ0v) is 20.6. The number of piperidine rings is 1. The van der Waals surface area contributed by atoms with E-state index >= 15 is 0 Å². The Kier molecular flexibility index (Phi) is 5.68. The summed E-state index contributed by atoms with van der Waals surface area (Å²) in [7, 11) is 0. The number of hydrogen-bond acceptors (Lipinski definition) is 9. The molecule has 3 aromatic heterocycles. The lowest BCUT2D eigenvalue weighted by atomic mass is 10.1. The molecular formula is C25H29N7O2S. The summed E-state index contributed by atoms with van der Waals surface area (Å²) >= 11 is 1.66. The summed E-state index contributed by atoms with van der Waals surface area (Å²) in [6, 6.07) is 5.98. The molecule has 9 nitrogen and oxygen atoms in total. The van der Waals surface area contributed by atoms with Gasteiger partial charge in [-0.3, -0.25) is 14.7 Å². The number of pyridine rings is 2. The number of rotatable bonds is 5. The van der Waals surface area contributed by atoms with Crippen molar-refractivity contribution in [3.8, 4) is 0 Å². The van der Waals surface area contributed by atoms with Crippen LogP contribution in [0.5, 0.6) is 0 Å². The van der Waals surface area contributed by atoms with E-state index in [9.17, 15) is 4.79 Å². The zero-order valence-electron chi connectivity index (χ0n) is 19.8. The molecule has 3 aliphatic heterocycles. The second kappa shape index (κ2) is 8.99. The van der Waals surface area contributed by atoms with E-state index in [1.54, 1.807) is 17.5 Å². The van der Waals surface area contributed by atoms with Gasteiger partial charge in [0.15, 0.2) is 16.6 Å². The highest BCUT2D eigenvalue weighted by atomic mass is 32.1. The van der Waals surface area contributed by atoms with Crippen molar-refractivity contribution < 1.29 is 9.53 Å². The maximum Gasteiger partial charge on any atom is 0.268 e. The van der Waals surface area contributed by atoms with E-state index in [0.717, 1.165) is 77.3 Å². The summed E-state index contributed by atoms with van der Waals surface area (Å²) < 4.78 is 7.02. The summed E-state index contributed by atoms with van der Waals surface area (Å²) in [6.45, 7) is 5.83. The third-order valence-electron chi connectivity index (χ3n) is 6.88. The molecule has 0 radical (unpaired) electrons. The highest BCUT2D eigenvalue weighted by Crippen LogP contribution is 2.44. The van der Waals surface area contributed by atoms with Crippen molar-refractivity contribution in [3.05, 3.63) is 47.6 Å². The van der Waals surface area contributed by atoms with E-state index in [2.05, 4.69) is 20.9 Å². The Hall–Kier alpha value is -3.40. The Morgan fingerprint density at radius 1 is 1.06 bits per heavy atom. The van der Waals surface area contributed by atoms with Gasteiger partial charge in [0, 0.05) is 43.6 Å². The van der Waals surface area contributed by atoms with Gasteiger partial charge in [0.05, 0.1) is 10.4 Å². The highest BCUT2D eigenvalue weighted by molar-refractivity contribution is 7.22. The second-order valence-corrected chi connectivity index (χ2v) is 10.4. The monoisotopic (exact) mass is 491 g/mol. The molecule has 0 spiro atoms. The fourth-order valence-electron chi connectivity index (χ4n) is 5.15. The number of anilines is 3. The number of aromatic nitrogens is 3. The summed E-state index contributed by atoms with van der Waals surface area (Å²) in [5, 5.41) is 1.02. The number of hydrogen-bond donors (Lipinski definition) is 1. The van der Waals surface area contributed by atoms with E-state index in [0.29, 0.717) is 5.70 Å². The molecule has 0 bridgehead atoms. The first-order valence-corrected chi connectivity index (χ1v) is 13.1. The number of thiazole rings is 1. The van der Waals surface area contributed by atoms with Crippen LogP contribution in [0.4, 0.5) is 16.6 Å². The van der Waals surface area contributed by atoms with Crippen LogP contribution in [-0.2, 0) is 9.53 Å². The lowest BCUT2D eigenvalue weighted by molar-refractivity contribution is -0.114. The smallest absolute Gasteiger partial charge is 0.268 e. The average molecular weight is 492 g/mol. The Bertz CT molecular complexity index is 1290. The van der Waals surface area contributed by atoms with Crippen LogP contribution in [0, 0.1) is 6.92 Å². The number of carbonyl (C=O) groups is 1. The molecule has 0 aromatic carbocycles. The summed E-state index contributed by atoms with van der Waals surface area (Å²) in [5.41, 5.74) is 9.48. The minimum Gasteiger partial charge on any atom is -0.471 e. The summed E-state index contributed by atoms with van der Waals surface area (Å²) in [5.74, 6) is 0.281. The molecule has 10 heteroatoms. The Labute approximate surface area is 208 Å². The van der Waals surface area contributed by atoms with Gasteiger partial charge in [-0.05, 0) is 57.2 Å². The standard InChI is InChI=1S/C25H29N7O2S/c1-16-13-17(7-8-27-16)24-32(19(15-34-24)21(26)33)18-14-20-22(28-23(18)30-9-5-6-10-30)29-25(35-20)31-11-3-2-4-12-31/h7-8,13-15,24H,2-6,9-12H2,1H3,(H2,26,33). The molecule has 1 amide bonds. The minimum atomic E-state index is -0.538. The number of nitrogens with two attached hydrogens (primary N) is 1. The number of primary amides is 1. The fourth-order valence-corrected chi connectivity index (χ4v) is 6.14. The van der Waals surface area contributed by atoms with E-state index in [-0.39, 0.29) is 0 Å². The number of amides is 1. The molecule has 2 saturated heterocycles. The minimum absolute atomic E-state index is 0.312. The van der Waals surface area contributed by atoms with Crippen LogP contribution in [-0.4, -0.2) is 47.0 Å². The van der Waals surface area contributed by atoms with E-state index in [1.807, 2.05) is 24.0 Å². The molecule has 3 aromatic rings. The van der Waals surface area contributed by atoms with Crippen LogP contribution < -0.4 is 20.4 Å². The van der Waals surface area contributed by atoms with Gasteiger partial charge in [-0.25, -0.2) is 4.98 Å². The maximum atomic E-state index is 12.5. The molecule has 182 valence electrons. The van der Waals surface area contributed by atoms with Crippen LogP contribution >= 0.6 is 11.3 Å². The number of ether oxygens (including phenoxy) is 1. The van der Waals surface area contributed by atoms with Gasteiger partial charge in [-0.15, -0.1) is 0 Å². The van der Waals surface area contributed by atoms with Gasteiger partial charge in [0.2, 0.25) is 6.23 Å². The van der Waals surface area contributed by atoms with E-state index in [1.165, 1.54) is 25.5 Å². The topological polar surface area (TPSA) is 101 Å². The lowest BCUT2D eigenvalue weighted by Crippen LogP contribution is -2.33. The number of carbonyl (C=O) groups excluding carboxylic acids is 1. The van der Waals surface area contributed by atoms with Crippen LogP contribution in [0.1, 0.15) is 49.6 Å². The molecule has 2 N–H and O–H groups in total. The first-order valence-electron chi connectivity index (χ1n) is 12.3. The van der Waals surface area contributed by atoms with E-state index < -0.39 is 12.1 Å². The molecule has 3 aliphatic rings. The van der Waals surface area contributed by atoms with E-state index in [4.69, 9.17) is 20.4 Å². The van der Waals surface area contributed by atoms with Crippen molar-refractivity contribution in [2.24, 2.45) is 5.73 Å². The van der Waals surface area contributed by atoms with Gasteiger partial charge in [0.25, 0.3) is 5.91 Å².